The van der Waals surface area contributed by atoms with Crippen LogP contribution in [0, 0.1) is 6.92 Å². The number of ether oxygens (including phenoxy) is 2. The molecule has 0 spiro atoms. The molecule has 0 radical (unpaired) electrons. The second kappa shape index (κ2) is 8.88. The van der Waals surface area contributed by atoms with Gasteiger partial charge in [0.05, 0.1) is 31.3 Å². The van der Waals surface area contributed by atoms with Gasteiger partial charge in [0, 0.05) is 31.3 Å². The number of methoxy groups -OCH3 is 2. The summed E-state index contributed by atoms with van der Waals surface area (Å²) in [7, 11) is 3.30. The Kier molecular flexibility index (Phi) is 6.30. The fourth-order valence-electron chi connectivity index (χ4n) is 3.15. The van der Waals surface area contributed by atoms with Crippen LogP contribution in [-0.4, -0.2) is 47.1 Å². The molecule has 4 rings (SSSR count). The van der Waals surface area contributed by atoms with E-state index in [0.29, 0.717) is 12.6 Å². The third kappa shape index (κ3) is 3.73. The van der Waals surface area contributed by atoms with E-state index in [-0.39, 0.29) is 0 Å². The van der Waals surface area contributed by atoms with Gasteiger partial charge in [-0.2, -0.15) is 5.10 Å². The number of nitrogens with one attached hydrogen (secondary N) is 2. The predicted molar refractivity (Wildman–Crippen MR) is 110 cm³/mol. The van der Waals surface area contributed by atoms with Crippen LogP contribution in [0.25, 0.3) is 11.0 Å². The van der Waals surface area contributed by atoms with Crippen molar-refractivity contribution in [2.24, 2.45) is 0 Å². The van der Waals surface area contributed by atoms with Crippen molar-refractivity contribution in [1.82, 2.24) is 25.1 Å². The molecule has 0 atom stereocenters. The molecule has 8 heteroatoms. The van der Waals surface area contributed by atoms with Gasteiger partial charge in [-0.1, -0.05) is 13.8 Å². The first-order valence-electron chi connectivity index (χ1n) is 9.56. The van der Waals surface area contributed by atoms with E-state index in [2.05, 4.69) is 25.7 Å². The highest BCUT2D eigenvalue weighted by molar-refractivity contribution is 5.89. The molecule has 0 bridgehead atoms. The fraction of sp³-hybridized carbons (Fsp3) is 0.450. The van der Waals surface area contributed by atoms with E-state index >= 15 is 0 Å². The molecule has 0 amide bonds. The second-order valence-electron chi connectivity index (χ2n) is 6.29. The summed E-state index contributed by atoms with van der Waals surface area (Å²) in [5.41, 5.74) is 2.82. The Morgan fingerprint density at radius 1 is 1.18 bits per heavy atom. The molecule has 3 heterocycles. The molecular weight excluding hydrogens is 356 g/mol. The van der Waals surface area contributed by atoms with Gasteiger partial charge in [-0.25, -0.2) is 14.6 Å². The molecule has 0 aliphatic carbocycles. The van der Waals surface area contributed by atoms with Crippen molar-refractivity contribution in [2.75, 3.05) is 32.6 Å². The molecule has 1 saturated heterocycles. The van der Waals surface area contributed by atoms with Gasteiger partial charge < -0.3 is 20.1 Å². The maximum Gasteiger partial charge on any atom is 0.163 e. The number of benzene rings is 1. The molecular formula is C20H28N6O2. The molecule has 28 heavy (non-hydrogen) atoms. The van der Waals surface area contributed by atoms with Gasteiger partial charge in [0.2, 0.25) is 0 Å². The molecule has 1 aliphatic heterocycles. The fourth-order valence-corrected chi connectivity index (χ4v) is 3.15. The van der Waals surface area contributed by atoms with Gasteiger partial charge in [-0.15, -0.1) is 0 Å². The maximum atomic E-state index is 5.47. The zero-order valence-electron chi connectivity index (χ0n) is 17.1. The number of nitrogens with zero attached hydrogens (tertiary/aromatic N) is 4. The second-order valence-corrected chi connectivity index (χ2v) is 6.29. The highest BCUT2D eigenvalue weighted by Crippen LogP contribution is 2.28. The Morgan fingerprint density at radius 3 is 2.61 bits per heavy atom. The SMILES string of the molecule is CC.COc1ccc(CNc2ncnc3c2c(C)nn3C2CNC2)c(OC)c1. The van der Waals surface area contributed by atoms with E-state index in [4.69, 9.17) is 9.47 Å². The molecule has 8 nitrogen and oxygen atoms in total. The Bertz CT molecular complexity index is 936. The van der Waals surface area contributed by atoms with Gasteiger partial charge in [0.1, 0.15) is 23.6 Å². The number of anilines is 1. The topological polar surface area (TPSA) is 86.1 Å². The lowest BCUT2D eigenvalue weighted by Gasteiger charge is -2.27. The quantitative estimate of drug-likeness (QED) is 0.676. The van der Waals surface area contributed by atoms with Crippen LogP contribution in [0.15, 0.2) is 24.5 Å². The minimum Gasteiger partial charge on any atom is -0.497 e. The van der Waals surface area contributed by atoms with E-state index in [9.17, 15) is 0 Å². The molecule has 3 aromatic rings. The molecule has 1 fully saturated rings. The zero-order chi connectivity index (χ0) is 20.1. The van der Waals surface area contributed by atoms with Crippen LogP contribution in [0.1, 0.15) is 31.1 Å². The summed E-state index contributed by atoms with van der Waals surface area (Å²) in [5, 5.41) is 12.3. The van der Waals surface area contributed by atoms with Crippen LogP contribution in [0.5, 0.6) is 11.5 Å². The zero-order valence-corrected chi connectivity index (χ0v) is 17.1. The predicted octanol–water partition coefficient (Wildman–Crippen LogP) is 2.93. The molecule has 1 aliphatic rings. The average Bonchev–Trinajstić information content (AvgIpc) is 3.03. The number of rotatable bonds is 6. The summed E-state index contributed by atoms with van der Waals surface area (Å²) in [4.78, 5) is 8.89. The van der Waals surface area contributed by atoms with Gasteiger partial charge in [0.25, 0.3) is 0 Å². The van der Waals surface area contributed by atoms with Crippen molar-refractivity contribution in [3.63, 3.8) is 0 Å². The Morgan fingerprint density at radius 2 is 1.96 bits per heavy atom. The molecule has 2 N–H and O–H groups in total. The smallest absolute Gasteiger partial charge is 0.163 e. The number of fused-ring (bicyclic) bond motifs is 1. The first-order valence-corrected chi connectivity index (χ1v) is 9.56. The maximum absolute atomic E-state index is 5.47. The summed E-state index contributed by atoms with van der Waals surface area (Å²) >= 11 is 0. The largest absolute Gasteiger partial charge is 0.497 e. The Hall–Kier alpha value is -2.87. The molecule has 0 unspecified atom stereocenters. The van der Waals surface area contributed by atoms with Gasteiger partial charge in [-0.3, -0.25) is 0 Å². The van der Waals surface area contributed by atoms with Crippen LogP contribution >= 0.6 is 0 Å². The van der Waals surface area contributed by atoms with Gasteiger partial charge >= 0.3 is 0 Å². The highest BCUT2D eigenvalue weighted by Gasteiger charge is 2.24. The summed E-state index contributed by atoms with van der Waals surface area (Å²) in [6.45, 7) is 8.42. The first-order chi connectivity index (χ1) is 13.7. The Labute approximate surface area is 165 Å². The van der Waals surface area contributed by atoms with Crippen LogP contribution in [0.2, 0.25) is 0 Å². The average molecular weight is 384 g/mol. The van der Waals surface area contributed by atoms with Crippen molar-refractivity contribution in [2.45, 2.75) is 33.4 Å². The van der Waals surface area contributed by atoms with Gasteiger partial charge in [0.15, 0.2) is 5.65 Å². The minimum absolute atomic E-state index is 0.357. The summed E-state index contributed by atoms with van der Waals surface area (Å²) in [5.74, 6) is 2.32. The van der Waals surface area contributed by atoms with Crippen molar-refractivity contribution in [3.8, 4) is 11.5 Å². The van der Waals surface area contributed by atoms with Crippen LogP contribution in [0.4, 0.5) is 5.82 Å². The summed E-state index contributed by atoms with van der Waals surface area (Å²) in [6, 6.07) is 6.14. The highest BCUT2D eigenvalue weighted by atomic mass is 16.5. The van der Waals surface area contributed by atoms with Crippen molar-refractivity contribution in [3.05, 3.63) is 35.8 Å². The third-order valence-electron chi connectivity index (χ3n) is 4.71. The first kappa shape index (κ1) is 19.9. The molecule has 0 saturated carbocycles. The lowest BCUT2D eigenvalue weighted by Crippen LogP contribution is -2.43. The monoisotopic (exact) mass is 384 g/mol. The minimum atomic E-state index is 0.357. The van der Waals surface area contributed by atoms with E-state index in [1.807, 2.05) is 43.7 Å². The molecule has 2 aromatic heterocycles. The van der Waals surface area contributed by atoms with Crippen molar-refractivity contribution in [1.29, 1.82) is 0 Å². The number of aromatic nitrogens is 4. The third-order valence-corrected chi connectivity index (χ3v) is 4.71. The van der Waals surface area contributed by atoms with E-state index in [1.54, 1.807) is 20.5 Å². The van der Waals surface area contributed by atoms with Crippen LogP contribution in [0.3, 0.4) is 0 Å². The summed E-state index contributed by atoms with van der Waals surface area (Å²) < 4.78 is 12.7. The van der Waals surface area contributed by atoms with Gasteiger partial charge in [-0.05, 0) is 19.1 Å². The number of aryl methyl sites for hydroxylation is 1. The lowest BCUT2D eigenvalue weighted by atomic mass is 10.2. The molecule has 1 aromatic carbocycles. The van der Waals surface area contributed by atoms with E-state index in [1.165, 1.54) is 0 Å². The lowest BCUT2D eigenvalue weighted by molar-refractivity contribution is 0.324. The summed E-state index contributed by atoms with van der Waals surface area (Å²) in [6.07, 6.45) is 1.58. The van der Waals surface area contributed by atoms with Crippen LogP contribution in [-0.2, 0) is 6.54 Å². The normalized spacial score (nSPS) is 13.5. The van der Waals surface area contributed by atoms with Crippen molar-refractivity contribution < 1.29 is 9.47 Å². The van der Waals surface area contributed by atoms with Crippen LogP contribution < -0.4 is 20.1 Å². The standard InChI is InChI=1S/C18H22N6O2.C2H6/c1-11-16-17(20-7-12-4-5-14(25-2)6-15(12)26-3)21-10-22-18(16)24(23-11)13-8-19-9-13;1-2/h4-6,10,13,19H,7-9H2,1-3H3,(H,20,21,22);1-2H3. The number of hydrogen-bond donors (Lipinski definition) is 2. The van der Waals surface area contributed by atoms with Crippen molar-refractivity contribution >= 4 is 16.9 Å². The van der Waals surface area contributed by atoms with E-state index in [0.717, 1.165) is 52.7 Å². The molecule has 150 valence electrons. The number of hydrogen-bond acceptors (Lipinski definition) is 7. The van der Waals surface area contributed by atoms with E-state index < -0.39 is 0 Å². The Balaban J connectivity index is 0.00000109.